The standard InChI is InChI=1S/C26H24N10O/c1-14-8-15(2)35(32-14)11-17-6-5-7-18(9-17)23-29-24-22-21(19-10-28-34(4)12-19)20-16(3)30-31-26(20)37-25(22)27-13-36(24)33-23/h5-10,12-13,21H,11H2,1-4H3,(H,30,31)/t21-/m0/s1. The Morgan fingerprint density at radius 1 is 1.05 bits per heavy atom. The summed E-state index contributed by atoms with van der Waals surface area (Å²) in [4.78, 5) is 9.56. The van der Waals surface area contributed by atoms with Gasteiger partial charge in [-0.3, -0.25) is 14.5 Å². The number of nitrogens with zero attached hydrogens (tertiary/aromatic N) is 9. The average Bonchev–Trinajstić information content (AvgIpc) is 3.65. The highest BCUT2D eigenvalue weighted by molar-refractivity contribution is 5.68. The van der Waals surface area contributed by atoms with Crippen molar-refractivity contribution in [1.82, 2.24) is 49.3 Å². The minimum absolute atomic E-state index is 0.197. The van der Waals surface area contributed by atoms with Crippen LogP contribution in [0.15, 0.2) is 49.1 Å². The van der Waals surface area contributed by atoms with Crippen LogP contribution in [0, 0.1) is 20.8 Å². The Morgan fingerprint density at radius 2 is 1.95 bits per heavy atom. The zero-order valence-corrected chi connectivity index (χ0v) is 20.8. The lowest BCUT2D eigenvalue weighted by molar-refractivity contribution is 0.416. The Balaban J connectivity index is 1.35. The first-order chi connectivity index (χ1) is 17.9. The maximum absolute atomic E-state index is 6.11. The summed E-state index contributed by atoms with van der Waals surface area (Å²) in [6.45, 7) is 6.74. The molecular weight excluding hydrogens is 468 g/mol. The molecular formula is C26H24N10O. The lowest BCUT2D eigenvalue weighted by Crippen LogP contribution is -2.14. The topological polar surface area (TPSA) is 117 Å². The average molecular weight is 493 g/mol. The van der Waals surface area contributed by atoms with Crippen molar-refractivity contribution in [1.29, 1.82) is 0 Å². The third kappa shape index (κ3) is 3.42. The fourth-order valence-corrected chi connectivity index (χ4v) is 5.12. The molecule has 7 rings (SSSR count). The zero-order valence-electron chi connectivity index (χ0n) is 20.8. The van der Waals surface area contributed by atoms with Gasteiger partial charge in [-0.15, -0.1) is 10.2 Å². The van der Waals surface area contributed by atoms with E-state index < -0.39 is 0 Å². The van der Waals surface area contributed by atoms with Crippen LogP contribution in [0.2, 0.25) is 0 Å². The molecule has 11 heteroatoms. The second-order valence-corrected chi connectivity index (χ2v) is 9.50. The molecule has 1 N–H and O–H groups in total. The summed E-state index contributed by atoms with van der Waals surface area (Å²) >= 11 is 0. The highest BCUT2D eigenvalue weighted by Crippen LogP contribution is 2.48. The molecule has 0 spiro atoms. The fourth-order valence-electron chi connectivity index (χ4n) is 5.12. The Morgan fingerprint density at radius 3 is 2.73 bits per heavy atom. The number of hydrogen-bond donors (Lipinski definition) is 1. The second-order valence-electron chi connectivity index (χ2n) is 9.50. The third-order valence-corrected chi connectivity index (χ3v) is 6.80. The number of aromatic amines is 1. The molecule has 0 bridgehead atoms. The van der Waals surface area contributed by atoms with E-state index in [4.69, 9.17) is 14.8 Å². The van der Waals surface area contributed by atoms with Gasteiger partial charge in [0.05, 0.1) is 29.9 Å². The number of rotatable bonds is 4. The van der Waals surface area contributed by atoms with E-state index in [0.29, 0.717) is 29.8 Å². The van der Waals surface area contributed by atoms with E-state index in [1.165, 1.54) is 0 Å². The number of fused-ring (bicyclic) bond motifs is 4. The molecule has 0 saturated carbocycles. The molecule has 1 aliphatic heterocycles. The number of ether oxygens (including phenoxy) is 1. The first-order valence-corrected chi connectivity index (χ1v) is 12.0. The molecule has 0 radical (unpaired) electrons. The highest BCUT2D eigenvalue weighted by Gasteiger charge is 2.37. The molecule has 0 amide bonds. The van der Waals surface area contributed by atoms with Crippen LogP contribution in [0.25, 0.3) is 17.0 Å². The SMILES string of the molecule is Cc1cc(C)n(Cc2cccc(-c3nc4c5c(ncn4n3)Oc3n[nH]c(C)c3[C@@H]5c3cnn(C)c3)c2)n1. The van der Waals surface area contributed by atoms with Crippen LogP contribution in [-0.2, 0) is 13.6 Å². The first kappa shape index (κ1) is 21.5. The Bertz CT molecular complexity index is 1800. The monoisotopic (exact) mass is 492 g/mol. The van der Waals surface area contributed by atoms with Gasteiger partial charge in [0, 0.05) is 41.3 Å². The molecule has 1 aromatic carbocycles. The molecule has 0 aliphatic carbocycles. The Labute approximate surface area is 211 Å². The molecule has 37 heavy (non-hydrogen) atoms. The van der Waals surface area contributed by atoms with E-state index in [-0.39, 0.29) is 5.92 Å². The van der Waals surface area contributed by atoms with Gasteiger partial charge in [-0.1, -0.05) is 18.2 Å². The molecule has 5 aromatic heterocycles. The van der Waals surface area contributed by atoms with Crippen LogP contribution in [0.5, 0.6) is 11.8 Å². The van der Waals surface area contributed by atoms with Gasteiger partial charge in [0.15, 0.2) is 11.5 Å². The maximum Gasteiger partial charge on any atom is 0.244 e. The van der Waals surface area contributed by atoms with Crippen molar-refractivity contribution in [3.05, 3.63) is 88.4 Å². The van der Waals surface area contributed by atoms with Crippen LogP contribution in [-0.4, -0.2) is 49.3 Å². The maximum atomic E-state index is 6.11. The van der Waals surface area contributed by atoms with Gasteiger partial charge in [0.2, 0.25) is 11.8 Å². The number of H-pyrrole nitrogens is 1. The van der Waals surface area contributed by atoms with Crippen molar-refractivity contribution in [2.75, 3.05) is 0 Å². The van der Waals surface area contributed by atoms with Crippen LogP contribution < -0.4 is 4.74 Å². The van der Waals surface area contributed by atoms with Crippen molar-refractivity contribution in [3.8, 4) is 23.1 Å². The van der Waals surface area contributed by atoms with Gasteiger partial charge in [0.25, 0.3) is 0 Å². The summed E-state index contributed by atoms with van der Waals surface area (Å²) in [7, 11) is 1.90. The van der Waals surface area contributed by atoms with Gasteiger partial charge < -0.3 is 4.74 Å². The van der Waals surface area contributed by atoms with E-state index in [1.807, 2.05) is 50.1 Å². The molecule has 11 nitrogen and oxygen atoms in total. The fraction of sp³-hybridized carbons (Fsp3) is 0.231. The van der Waals surface area contributed by atoms with E-state index >= 15 is 0 Å². The van der Waals surface area contributed by atoms with E-state index in [1.54, 1.807) is 15.5 Å². The Hall–Kier alpha value is -4.80. The van der Waals surface area contributed by atoms with Gasteiger partial charge >= 0.3 is 0 Å². The summed E-state index contributed by atoms with van der Waals surface area (Å²) < 4.78 is 11.6. The summed E-state index contributed by atoms with van der Waals surface area (Å²) in [6.07, 6.45) is 5.49. The molecule has 6 aromatic rings. The quantitative estimate of drug-likeness (QED) is 0.398. The Kier molecular flexibility index (Phi) is 4.56. The lowest BCUT2D eigenvalue weighted by Gasteiger charge is -2.24. The lowest BCUT2D eigenvalue weighted by atomic mass is 9.86. The van der Waals surface area contributed by atoms with Gasteiger partial charge in [-0.2, -0.15) is 10.2 Å². The predicted molar refractivity (Wildman–Crippen MR) is 135 cm³/mol. The molecule has 184 valence electrons. The minimum Gasteiger partial charge on any atom is -0.418 e. The molecule has 1 aliphatic rings. The van der Waals surface area contributed by atoms with Crippen LogP contribution in [0.1, 0.15) is 45.3 Å². The second kappa shape index (κ2) is 7.85. The largest absolute Gasteiger partial charge is 0.418 e. The number of aromatic nitrogens is 10. The zero-order chi connectivity index (χ0) is 25.3. The number of benzene rings is 1. The summed E-state index contributed by atoms with van der Waals surface area (Å²) in [5.74, 6) is 1.41. The molecule has 0 fully saturated rings. The van der Waals surface area contributed by atoms with Crippen molar-refractivity contribution in [2.24, 2.45) is 7.05 Å². The van der Waals surface area contributed by atoms with Gasteiger partial charge in [-0.05, 0) is 38.5 Å². The van der Waals surface area contributed by atoms with E-state index in [0.717, 1.165) is 44.9 Å². The van der Waals surface area contributed by atoms with Crippen molar-refractivity contribution >= 4 is 5.65 Å². The number of aryl methyl sites for hydroxylation is 4. The molecule has 1 atom stereocenters. The van der Waals surface area contributed by atoms with E-state index in [2.05, 4.69) is 50.5 Å². The highest BCUT2D eigenvalue weighted by atomic mass is 16.5. The minimum atomic E-state index is -0.197. The van der Waals surface area contributed by atoms with Gasteiger partial charge in [0.1, 0.15) is 6.33 Å². The first-order valence-electron chi connectivity index (χ1n) is 12.0. The van der Waals surface area contributed by atoms with E-state index in [9.17, 15) is 0 Å². The van der Waals surface area contributed by atoms with Crippen molar-refractivity contribution < 1.29 is 4.74 Å². The van der Waals surface area contributed by atoms with Crippen LogP contribution >= 0.6 is 0 Å². The summed E-state index contributed by atoms with van der Waals surface area (Å²) in [5, 5.41) is 21.2. The third-order valence-electron chi connectivity index (χ3n) is 6.80. The van der Waals surface area contributed by atoms with Crippen molar-refractivity contribution in [2.45, 2.75) is 33.2 Å². The number of hydrogen-bond acceptors (Lipinski definition) is 7. The van der Waals surface area contributed by atoms with Crippen LogP contribution in [0.3, 0.4) is 0 Å². The molecule has 6 heterocycles. The van der Waals surface area contributed by atoms with Crippen molar-refractivity contribution in [3.63, 3.8) is 0 Å². The van der Waals surface area contributed by atoms with Gasteiger partial charge in [-0.25, -0.2) is 14.5 Å². The normalized spacial score (nSPS) is 14.5. The predicted octanol–water partition coefficient (Wildman–Crippen LogP) is 3.70. The molecule has 0 unspecified atom stereocenters. The van der Waals surface area contributed by atoms with Crippen LogP contribution in [0.4, 0.5) is 0 Å². The summed E-state index contributed by atoms with van der Waals surface area (Å²) in [6, 6.07) is 10.3. The molecule has 0 saturated heterocycles. The summed E-state index contributed by atoms with van der Waals surface area (Å²) in [5.41, 5.74) is 8.58. The number of nitrogens with one attached hydrogen (secondary N) is 1. The smallest absolute Gasteiger partial charge is 0.244 e.